The molecule has 0 aromatic heterocycles. The largest absolute Gasteiger partial charge is 0.481 e. The van der Waals surface area contributed by atoms with Gasteiger partial charge in [0.2, 0.25) is 0 Å². The van der Waals surface area contributed by atoms with Crippen molar-refractivity contribution >= 4 is 17.7 Å². The lowest BCUT2D eigenvalue weighted by Gasteiger charge is -2.19. The lowest BCUT2D eigenvalue weighted by molar-refractivity contribution is -0.136. The summed E-state index contributed by atoms with van der Waals surface area (Å²) in [5.41, 5.74) is 1.03. The van der Waals surface area contributed by atoms with Gasteiger partial charge in [0.25, 0.3) is 0 Å². The van der Waals surface area contributed by atoms with Gasteiger partial charge >= 0.3 is 5.97 Å². The van der Waals surface area contributed by atoms with E-state index >= 15 is 0 Å². The van der Waals surface area contributed by atoms with Crippen LogP contribution in [0.3, 0.4) is 0 Å². The lowest BCUT2D eigenvalue weighted by Crippen LogP contribution is -2.08. The lowest BCUT2D eigenvalue weighted by atomic mass is 9.91. The number of carboxylic acids is 1. The summed E-state index contributed by atoms with van der Waals surface area (Å²) in [6.45, 7) is 2.08. The standard InChI is InChI=1S/C10H14O2S/c1-7-5-9(13-2)4-3-8(7)6-10(11)12/h3-4,7H,5-6H2,1-2H3,(H,11,12). The Kier molecular flexibility index (Phi) is 3.60. The van der Waals surface area contributed by atoms with E-state index in [-0.39, 0.29) is 6.42 Å². The molecule has 0 amide bonds. The van der Waals surface area contributed by atoms with Crippen molar-refractivity contribution in [3.63, 3.8) is 0 Å². The topological polar surface area (TPSA) is 37.3 Å². The van der Waals surface area contributed by atoms with Crippen LogP contribution in [-0.2, 0) is 4.79 Å². The molecule has 0 radical (unpaired) electrons. The molecule has 1 aliphatic rings. The van der Waals surface area contributed by atoms with Crippen LogP contribution in [0.5, 0.6) is 0 Å². The van der Waals surface area contributed by atoms with Crippen molar-refractivity contribution in [3.8, 4) is 0 Å². The Morgan fingerprint density at radius 3 is 2.85 bits per heavy atom. The molecule has 0 aromatic rings. The molecule has 0 fully saturated rings. The highest BCUT2D eigenvalue weighted by Gasteiger charge is 2.16. The second-order valence-electron chi connectivity index (χ2n) is 3.25. The van der Waals surface area contributed by atoms with Crippen LogP contribution < -0.4 is 0 Å². The molecule has 72 valence electrons. The van der Waals surface area contributed by atoms with Crippen molar-refractivity contribution in [1.82, 2.24) is 0 Å². The van der Waals surface area contributed by atoms with Gasteiger partial charge < -0.3 is 5.11 Å². The quantitative estimate of drug-likeness (QED) is 0.757. The van der Waals surface area contributed by atoms with E-state index in [1.165, 1.54) is 4.91 Å². The first kappa shape index (κ1) is 10.4. The molecule has 13 heavy (non-hydrogen) atoms. The van der Waals surface area contributed by atoms with Crippen LogP contribution in [0.2, 0.25) is 0 Å². The van der Waals surface area contributed by atoms with Crippen LogP contribution in [0.15, 0.2) is 22.6 Å². The van der Waals surface area contributed by atoms with Crippen molar-refractivity contribution in [2.45, 2.75) is 19.8 Å². The molecular formula is C10H14O2S. The summed E-state index contributed by atoms with van der Waals surface area (Å²) in [7, 11) is 0. The number of allylic oxidation sites excluding steroid dienone is 3. The van der Waals surface area contributed by atoms with Crippen molar-refractivity contribution in [1.29, 1.82) is 0 Å². The van der Waals surface area contributed by atoms with Crippen molar-refractivity contribution in [2.75, 3.05) is 6.26 Å². The van der Waals surface area contributed by atoms with Gasteiger partial charge in [0, 0.05) is 0 Å². The molecule has 0 aromatic carbocycles. The van der Waals surface area contributed by atoms with Crippen molar-refractivity contribution in [3.05, 3.63) is 22.6 Å². The number of hydrogen-bond donors (Lipinski definition) is 1. The summed E-state index contributed by atoms with van der Waals surface area (Å²) in [4.78, 5) is 11.8. The predicted molar refractivity (Wildman–Crippen MR) is 55.7 cm³/mol. The number of carboxylic acid groups (broad SMARTS) is 1. The van der Waals surface area contributed by atoms with E-state index in [0.29, 0.717) is 5.92 Å². The van der Waals surface area contributed by atoms with Crippen LogP contribution in [0.25, 0.3) is 0 Å². The zero-order valence-corrected chi connectivity index (χ0v) is 8.73. The molecule has 1 unspecified atom stereocenters. The molecule has 0 spiro atoms. The van der Waals surface area contributed by atoms with Gasteiger partial charge in [-0.1, -0.05) is 24.6 Å². The Morgan fingerprint density at radius 1 is 1.69 bits per heavy atom. The summed E-state index contributed by atoms with van der Waals surface area (Å²) in [5, 5.41) is 8.64. The molecule has 1 aliphatic carbocycles. The highest BCUT2D eigenvalue weighted by Crippen LogP contribution is 2.31. The zero-order chi connectivity index (χ0) is 9.84. The van der Waals surface area contributed by atoms with E-state index in [1.807, 2.05) is 12.2 Å². The van der Waals surface area contributed by atoms with Gasteiger partial charge in [-0.05, 0) is 23.5 Å². The maximum atomic E-state index is 10.5. The third-order valence-corrected chi connectivity index (χ3v) is 3.07. The highest BCUT2D eigenvalue weighted by atomic mass is 32.2. The maximum Gasteiger partial charge on any atom is 0.307 e. The Labute approximate surface area is 82.7 Å². The average Bonchev–Trinajstić information content (AvgIpc) is 2.08. The van der Waals surface area contributed by atoms with Gasteiger partial charge in [0.05, 0.1) is 6.42 Å². The number of carbonyl (C=O) groups is 1. The minimum Gasteiger partial charge on any atom is -0.481 e. The molecule has 0 bridgehead atoms. The fraction of sp³-hybridized carbons (Fsp3) is 0.500. The molecule has 3 heteroatoms. The van der Waals surface area contributed by atoms with Gasteiger partial charge in [-0.3, -0.25) is 4.79 Å². The fourth-order valence-electron chi connectivity index (χ4n) is 1.42. The molecule has 0 heterocycles. The normalized spacial score (nSPS) is 22.2. The van der Waals surface area contributed by atoms with E-state index < -0.39 is 5.97 Å². The van der Waals surface area contributed by atoms with E-state index in [1.54, 1.807) is 11.8 Å². The summed E-state index contributed by atoms with van der Waals surface area (Å²) in [5.74, 6) is -0.359. The van der Waals surface area contributed by atoms with E-state index in [4.69, 9.17) is 5.11 Å². The molecular weight excluding hydrogens is 184 g/mol. The summed E-state index contributed by atoms with van der Waals surface area (Å²) in [6, 6.07) is 0. The van der Waals surface area contributed by atoms with Crippen LogP contribution >= 0.6 is 11.8 Å². The number of rotatable bonds is 3. The molecule has 1 rings (SSSR count). The molecule has 1 atom stereocenters. The average molecular weight is 198 g/mol. The number of thioether (sulfide) groups is 1. The summed E-state index contributed by atoms with van der Waals surface area (Å²) >= 11 is 1.74. The number of hydrogen-bond acceptors (Lipinski definition) is 2. The van der Waals surface area contributed by atoms with E-state index in [2.05, 4.69) is 13.2 Å². The monoisotopic (exact) mass is 198 g/mol. The third-order valence-electron chi connectivity index (χ3n) is 2.24. The Bertz CT molecular complexity index is 266. The summed E-state index contributed by atoms with van der Waals surface area (Å²) in [6.07, 6.45) is 7.20. The molecule has 0 aliphatic heterocycles. The van der Waals surface area contributed by atoms with Crippen LogP contribution in [0.1, 0.15) is 19.8 Å². The Hall–Kier alpha value is -0.700. The van der Waals surface area contributed by atoms with Gasteiger partial charge in [-0.25, -0.2) is 0 Å². The highest BCUT2D eigenvalue weighted by molar-refractivity contribution is 8.02. The first-order valence-electron chi connectivity index (χ1n) is 4.29. The SMILES string of the molecule is CSC1=CC=C(CC(=O)O)C(C)C1. The van der Waals surface area contributed by atoms with E-state index in [0.717, 1.165) is 12.0 Å². The number of aliphatic carboxylic acids is 1. The first-order valence-corrected chi connectivity index (χ1v) is 5.51. The second kappa shape index (κ2) is 4.51. The molecule has 0 saturated carbocycles. The van der Waals surface area contributed by atoms with Crippen LogP contribution in [0.4, 0.5) is 0 Å². The van der Waals surface area contributed by atoms with Gasteiger partial charge in [0.1, 0.15) is 0 Å². The fourth-order valence-corrected chi connectivity index (χ4v) is 2.05. The maximum absolute atomic E-state index is 10.5. The second-order valence-corrected chi connectivity index (χ2v) is 4.19. The van der Waals surface area contributed by atoms with Crippen molar-refractivity contribution in [2.24, 2.45) is 5.92 Å². The minimum atomic E-state index is -0.737. The smallest absolute Gasteiger partial charge is 0.307 e. The van der Waals surface area contributed by atoms with Crippen molar-refractivity contribution < 1.29 is 9.90 Å². The van der Waals surface area contributed by atoms with Crippen LogP contribution in [-0.4, -0.2) is 17.3 Å². The Balaban J connectivity index is 2.69. The first-order chi connectivity index (χ1) is 6.13. The van der Waals surface area contributed by atoms with Gasteiger partial charge in [0.15, 0.2) is 0 Å². The molecule has 2 nitrogen and oxygen atoms in total. The molecule has 0 saturated heterocycles. The van der Waals surface area contributed by atoms with Gasteiger partial charge in [-0.15, -0.1) is 11.8 Å². The van der Waals surface area contributed by atoms with Crippen LogP contribution in [0, 0.1) is 5.92 Å². The predicted octanol–water partition coefficient (Wildman–Crippen LogP) is 2.67. The zero-order valence-electron chi connectivity index (χ0n) is 7.91. The van der Waals surface area contributed by atoms with Gasteiger partial charge in [-0.2, -0.15) is 0 Å². The summed E-state index contributed by atoms with van der Waals surface area (Å²) < 4.78 is 0. The molecule has 1 N–H and O–H groups in total. The van der Waals surface area contributed by atoms with E-state index in [9.17, 15) is 4.79 Å². The Morgan fingerprint density at radius 2 is 2.38 bits per heavy atom. The minimum absolute atomic E-state index is 0.180. The third kappa shape index (κ3) is 2.92.